The maximum Gasteiger partial charge on any atom is 0.133 e. The minimum absolute atomic E-state index is 0.144. The van der Waals surface area contributed by atoms with Gasteiger partial charge in [0.15, 0.2) is 0 Å². The molecule has 1 N–H and O–H groups in total. The van der Waals surface area contributed by atoms with Crippen molar-refractivity contribution >= 4 is 15.9 Å². The van der Waals surface area contributed by atoms with Crippen LogP contribution in [0.25, 0.3) is 0 Å². The van der Waals surface area contributed by atoms with Crippen LogP contribution in [0.5, 0.6) is 5.75 Å². The van der Waals surface area contributed by atoms with E-state index in [1.165, 1.54) is 5.56 Å². The van der Waals surface area contributed by atoms with Gasteiger partial charge in [0.25, 0.3) is 0 Å². The number of nitrogens with one attached hydrogen (secondary N) is 1. The molecule has 0 amide bonds. The molecule has 0 spiro atoms. The summed E-state index contributed by atoms with van der Waals surface area (Å²) in [5, 5.41) is 3.14. The zero-order chi connectivity index (χ0) is 15.2. The Bertz CT molecular complexity index is 454. The smallest absolute Gasteiger partial charge is 0.133 e. The Morgan fingerprint density at radius 1 is 1.48 bits per heavy atom. The van der Waals surface area contributed by atoms with Crippen molar-refractivity contribution in [2.24, 2.45) is 0 Å². The second kappa shape index (κ2) is 8.13. The molecule has 1 aromatic rings. The van der Waals surface area contributed by atoms with Gasteiger partial charge in [-0.2, -0.15) is 0 Å². The molecular weight excluding hydrogens is 332 g/mol. The van der Waals surface area contributed by atoms with E-state index in [0.717, 1.165) is 36.5 Å². The topological polar surface area (TPSA) is 33.7 Å². The molecule has 1 atom stereocenters. The van der Waals surface area contributed by atoms with Gasteiger partial charge in [-0.3, -0.25) is 4.90 Å². The number of hydrogen-bond acceptors (Lipinski definition) is 4. The highest BCUT2D eigenvalue weighted by molar-refractivity contribution is 9.10. The molecule has 5 heteroatoms. The number of benzene rings is 1. The van der Waals surface area contributed by atoms with Gasteiger partial charge in [-0.25, -0.2) is 0 Å². The summed E-state index contributed by atoms with van der Waals surface area (Å²) in [4.78, 5) is 2.43. The van der Waals surface area contributed by atoms with Gasteiger partial charge in [0.1, 0.15) is 18.5 Å². The molecule has 4 nitrogen and oxygen atoms in total. The standard InChI is InChI=1S/C16H25BrN2O2/c1-12(2)19-6-7-20-14(10-19)11-21-16-5-4-13(9-18-3)8-15(16)17/h4-5,8,12,14,18H,6-7,9-11H2,1-3H3. The van der Waals surface area contributed by atoms with Crippen molar-refractivity contribution in [3.63, 3.8) is 0 Å². The van der Waals surface area contributed by atoms with E-state index in [0.29, 0.717) is 12.6 Å². The SMILES string of the molecule is CNCc1ccc(OCC2CN(C(C)C)CCO2)c(Br)c1. The fraction of sp³-hybridized carbons (Fsp3) is 0.625. The van der Waals surface area contributed by atoms with Crippen molar-refractivity contribution < 1.29 is 9.47 Å². The second-order valence-corrected chi connectivity index (χ2v) is 6.54. The van der Waals surface area contributed by atoms with Crippen LogP contribution in [0.4, 0.5) is 0 Å². The van der Waals surface area contributed by atoms with Gasteiger partial charge in [0, 0.05) is 25.7 Å². The van der Waals surface area contributed by atoms with Crippen LogP contribution in [-0.4, -0.2) is 50.4 Å². The van der Waals surface area contributed by atoms with Crippen molar-refractivity contribution in [1.82, 2.24) is 10.2 Å². The largest absolute Gasteiger partial charge is 0.490 e. The lowest BCUT2D eigenvalue weighted by molar-refractivity contribution is -0.0565. The van der Waals surface area contributed by atoms with Gasteiger partial charge in [-0.15, -0.1) is 0 Å². The first kappa shape index (κ1) is 16.7. The number of morpholine rings is 1. The minimum Gasteiger partial charge on any atom is -0.490 e. The summed E-state index contributed by atoms with van der Waals surface area (Å²) < 4.78 is 12.7. The van der Waals surface area contributed by atoms with Crippen molar-refractivity contribution in [3.05, 3.63) is 28.2 Å². The normalized spacial score (nSPS) is 20.0. The lowest BCUT2D eigenvalue weighted by atomic mass is 10.2. The van der Waals surface area contributed by atoms with Gasteiger partial charge >= 0.3 is 0 Å². The molecule has 118 valence electrons. The zero-order valence-corrected chi connectivity index (χ0v) is 14.6. The number of halogens is 1. The first-order chi connectivity index (χ1) is 10.1. The molecule has 1 aliphatic heterocycles. The monoisotopic (exact) mass is 356 g/mol. The van der Waals surface area contributed by atoms with E-state index in [-0.39, 0.29) is 6.10 Å². The number of nitrogens with zero attached hydrogens (tertiary/aromatic N) is 1. The Morgan fingerprint density at radius 2 is 2.29 bits per heavy atom. The number of rotatable bonds is 6. The van der Waals surface area contributed by atoms with Crippen LogP contribution in [0, 0.1) is 0 Å². The van der Waals surface area contributed by atoms with Crippen LogP contribution in [0.3, 0.4) is 0 Å². The van der Waals surface area contributed by atoms with Gasteiger partial charge in [0.05, 0.1) is 11.1 Å². The van der Waals surface area contributed by atoms with Crippen LogP contribution in [0.1, 0.15) is 19.4 Å². The molecule has 0 radical (unpaired) electrons. The van der Waals surface area contributed by atoms with Crippen LogP contribution in [0.15, 0.2) is 22.7 Å². The van der Waals surface area contributed by atoms with E-state index >= 15 is 0 Å². The Hall–Kier alpha value is -0.620. The average molecular weight is 357 g/mol. The summed E-state index contributed by atoms with van der Waals surface area (Å²) in [6.45, 7) is 8.62. The molecule has 1 aliphatic rings. The summed E-state index contributed by atoms with van der Waals surface area (Å²) >= 11 is 3.57. The first-order valence-corrected chi connectivity index (χ1v) is 8.31. The van der Waals surface area contributed by atoms with Crippen molar-refractivity contribution in [3.8, 4) is 5.75 Å². The molecule has 0 aromatic heterocycles. The molecule has 1 unspecified atom stereocenters. The van der Waals surface area contributed by atoms with Crippen LogP contribution >= 0.6 is 15.9 Å². The Morgan fingerprint density at radius 3 is 2.95 bits per heavy atom. The molecule has 21 heavy (non-hydrogen) atoms. The van der Waals surface area contributed by atoms with E-state index < -0.39 is 0 Å². The first-order valence-electron chi connectivity index (χ1n) is 7.51. The van der Waals surface area contributed by atoms with Crippen LogP contribution in [0.2, 0.25) is 0 Å². The van der Waals surface area contributed by atoms with Gasteiger partial charge in [0.2, 0.25) is 0 Å². The highest BCUT2D eigenvalue weighted by atomic mass is 79.9. The van der Waals surface area contributed by atoms with Crippen LogP contribution in [-0.2, 0) is 11.3 Å². The zero-order valence-electron chi connectivity index (χ0n) is 13.1. The van der Waals surface area contributed by atoms with Crippen molar-refractivity contribution in [2.75, 3.05) is 33.4 Å². The third-order valence-corrected chi connectivity index (χ3v) is 4.32. The van der Waals surface area contributed by atoms with Crippen molar-refractivity contribution in [1.29, 1.82) is 0 Å². The summed E-state index contributed by atoms with van der Waals surface area (Å²) in [5.74, 6) is 0.875. The maximum absolute atomic E-state index is 5.92. The summed E-state index contributed by atoms with van der Waals surface area (Å²) in [6, 6.07) is 6.75. The van der Waals surface area contributed by atoms with Gasteiger partial charge in [-0.05, 0) is 54.5 Å². The molecule has 2 rings (SSSR count). The number of ether oxygens (including phenoxy) is 2. The molecule has 1 heterocycles. The molecular formula is C16H25BrN2O2. The van der Waals surface area contributed by atoms with E-state index in [1.807, 2.05) is 13.1 Å². The molecule has 0 saturated carbocycles. The van der Waals surface area contributed by atoms with Gasteiger partial charge in [-0.1, -0.05) is 6.07 Å². The highest BCUT2D eigenvalue weighted by Crippen LogP contribution is 2.26. The summed E-state index contributed by atoms with van der Waals surface area (Å²) in [6.07, 6.45) is 0.144. The second-order valence-electron chi connectivity index (χ2n) is 5.69. The molecule has 1 fully saturated rings. The minimum atomic E-state index is 0.144. The Kier molecular flexibility index (Phi) is 6.48. The quantitative estimate of drug-likeness (QED) is 0.849. The lowest BCUT2D eigenvalue weighted by Gasteiger charge is -2.35. The summed E-state index contributed by atoms with van der Waals surface area (Å²) in [7, 11) is 1.94. The average Bonchev–Trinajstić information content (AvgIpc) is 2.47. The number of hydrogen-bond donors (Lipinski definition) is 1. The molecule has 1 saturated heterocycles. The summed E-state index contributed by atoms with van der Waals surface area (Å²) in [5.41, 5.74) is 1.23. The fourth-order valence-electron chi connectivity index (χ4n) is 2.47. The van der Waals surface area contributed by atoms with E-state index in [2.05, 4.69) is 52.1 Å². The van der Waals surface area contributed by atoms with Crippen molar-refractivity contribution in [2.45, 2.75) is 32.5 Å². The molecule has 1 aromatic carbocycles. The van der Waals surface area contributed by atoms with E-state index in [1.54, 1.807) is 0 Å². The molecule has 0 aliphatic carbocycles. The third-order valence-electron chi connectivity index (χ3n) is 3.70. The van der Waals surface area contributed by atoms with E-state index in [4.69, 9.17) is 9.47 Å². The lowest BCUT2D eigenvalue weighted by Crippen LogP contribution is -2.47. The van der Waals surface area contributed by atoms with E-state index in [9.17, 15) is 0 Å². The third kappa shape index (κ3) is 4.95. The maximum atomic E-state index is 5.92. The Balaban J connectivity index is 1.87. The Labute approximate surface area is 135 Å². The predicted octanol–water partition coefficient (Wildman–Crippen LogP) is 2.66. The van der Waals surface area contributed by atoms with Crippen LogP contribution < -0.4 is 10.1 Å². The highest BCUT2D eigenvalue weighted by Gasteiger charge is 2.22. The molecule has 0 bridgehead atoms. The van der Waals surface area contributed by atoms with Gasteiger partial charge < -0.3 is 14.8 Å². The predicted molar refractivity (Wildman–Crippen MR) is 88.8 cm³/mol. The fourth-order valence-corrected chi connectivity index (χ4v) is 3.01.